The molecule has 0 bridgehead atoms. The molecule has 0 aliphatic rings. The molecular formula is C16H20N4O. The van der Waals surface area contributed by atoms with Crippen molar-refractivity contribution in [3.05, 3.63) is 48.7 Å². The monoisotopic (exact) mass is 284 g/mol. The first-order valence-electron chi connectivity index (χ1n) is 7.03. The largest absolute Gasteiger partial charge is 0.381 e. The fraction of sp³-hybridized carbons (Fsp3) is 0.250. The highest BCUT2D eigenvalue weighted by molar-refractivity contribution is 5.99. The maximum absolute atomic E-state index is 11.8. The zero-order valence-corrected chi connectivity index (χ0v) is 12.3. The maximum atomic E-state index is 11.8. The van der Waals surface area contributed by atoms with Crippen LogP contribution in [0.3, 0.4) is 0 Å². The molecule has 1 aromatic heterocycles. The minimum absolute atomic E-state index is 0.309. The first-order chi connectivity index (χ1) is 10.2. The van der Waals surface area contributed by atoms with Crippen LogP contribution in [0.4, 0.5) is 22.0 Å². The Morgan fingerprint density at radius 3 is 2.48 bits per heavy atom. The number of carbonyl (C=O) groups is 1. The van der Waals surface area contributed by atoms with Crippen LogP contribution in [0.1, 0.15) is 20.3 Å². The summed E-state index contributed by atoms with van der Waals surface area (Å²) in [5.74, 6) is 0.512. The Kier molecular flexibility index (Phi) is 5.15. The van der Waals surface area contributed by atoms with Crippen molar-refractivity contribution >= 4 is 23.2 Å². The van der Waals surface area contributed by atoms with E-state index in [1.165, 1.54) is 0 Å². The highest BCUT2D eigenvalue weighted by Crippen LogP contribution is 2.12. The second-order valence-corrected chi connectivity index (χ2v) is 4.83. The zero-order valence-electron chi connectivity index (χ0n) is 12.3. The number of aromatic nitrogens is 1. The number of pyridine rings is 1. The number of para-hydroxylation sites is 1. The van der Waals surface area contributed by atoms with E-state index in [0.29, 0.717) is 11.9 Å². The van der Waals surface area contributed by atoms with Gasteiger partial charge in [-0.05, 0) is 37.6 Å². The van der Waals surface area contributed by atoms with Crippen molar-refractivity contribution in [2.75, 3.05) is 16.0 Å². The van der Waals surface area contributed by atoms with E-state index in [4.69, 9.17) is 0 Å². The molecule has 5 nitrogen and oxygen atoms in total. The summed E-state index contributed by atoms with van der Waals surface area (Å²) in [7, 11) is 0. The minimum atomic E-state index is -0.309. The number of hydrogen-bond donors (Lipinski definition) is 3. The summed E-state index contributed by atoms with van der Waals surface area (Å²) >= 11 is 0. The molecule has 5 heteroatoms. The average Bonchev–Trinajstić information content (AvgIpc) is 2.50. The first-order valence-corrected chi connectivity index (χ1v) is 7.03. The first kappa shape index (κ1) is 14.8. The van der Waals surface area contributed by atoms with Crippen molar-refractivity contribution in [1.29, 1.82) is 0 Å². The maximum Gasteiger partial charge on any atom is 0.324 e. The number of rotatable bonds is 5. The van der Waals surface area contributed by atoms with Gasteiger partial charge in [0, 0.05) is 11.7 Å². The van der Waals surface area contributed by atoms with Crippen molar-refractivity contribution in [3.63, 3.8) is 0 Å². The lowest BCUT2D eigenvalue weighted by molar-refractivity contribution is 0.262. The van der Waals surface area contributed by atoms with E-state index in [1.54, 1.807) is 12.3 Å². The van der Waals surface area contributed by atoms with Crippen molar-refractivity contribution < 1.29 is 4.79 Å². The predicted octanol–water partition coefficient (Wildman–Crippen LogP) is 3.94. The fourth-order valence-electron chi connectivity index (χ4n) is 1.74. The van der Waals surface area contributed by atoms with Crippen LogP contribution in [0, 0.1) is 0 Å². The van der Waals surface area contributed by atoms with Crippen LogP contribution in [0.15, 0.2) is 48.7 Å². The number of benzene rings is 1. The molecule has 2 rings (SSSR count). The molecule has 110 valence electrons. The molecular weight excluding hydrogens is 264 g/mol. The molecule has 1 atom stereocenters. The molecule has 1 unspecified atom stereocenters. The summed E-state index contributed by atoms with van der Waals surface area (Å²) in [5.41, 5.74) is 1.68. The van der Waals surface area contributed by atoms with E-state index in [1.807, 2.05) is 36.4 Å². The van der Waals surface area contributed by atoms with Gasteiger partial charge >= 0.3 is 6.03 Å². The van der Waals surface area contributed by atoms with Crippen molar-refractivity contribution in [2.45, 2.75) is 26.3 Å². The average molecular weight is 284 g/mol. The topological polar surface area (TPSA) is 66.0 Å². The van der Waals surface area contributed by atoms with Gasteiger partial charge in [-0.3, -0.25) is 5.32 Å². The quantitative estimate of drug-likeness (QED) is 0.779. The van der Waals surface area contributed by atoms with E-state index in [0.717, 1.165) is 17.8 Å². The van der Waals surface area contributed by atoms with E-state index >= 15 is 0 Å². The number of anilines is 3. The van der Waals surface area contributed by atoms with Crippen LogP contribution in [-0.2, 0) is 0 Å². The van der Waals surface area contributed by atoms with Gasteiger partial charge in [0.1, 0.15) is 5.82 Å². The Balaban J connectivity index is 1.89. The highest BCUT2D eigenvalue weighted by atomic mass is 16.2. The molecule has 1 aromatic carbocycles. The summed E-state index contributed by atoms with van der Waals surface area (Å²) in [6.07, 6.45) is 2.75. The zero-order chi connectivity index (χ0) is 15.1. The van der Waals surface area contributed by atoms with Crippen LogP contribution >= 0.6 is 0 Å². The van der Waals surface area contributed by atoms with Gasteiger partial charge in [0.2, 0.25) is 0 Å². The molecule has 0 aliphatic heterocycles. The molecule has 2 aromatic rings. The second kappa shape index (κ2) is 7.28. The normalized spacial score (nSPS) is 11.5. The third-order valence-corrected chi connectivity index (χ3v) is 3.06. The van der Waals surface area contributed by atoms with Crippen LogP contribution in [0.5, 0.6) is 0 Å². The van der Waals surface area contributed by atoms with Crippen molar-refractivity contribution in [2.24, 2.45) is 0 Å². The number of urea groups is 1. The van der Waals surface area contributed by atoms with Gasteiger partial charge in [-0.2, -0.15) is 0 Å². The number of hydrogen-bond acceptors (Lipinski definition) is 3. The molecule has 0 saturated heterocycles. The second-order valence-electron chi connectivity index (χ2n) is 4.83. The molecule has 2 amide bonds. The molecule has 0 spiro atoms. The molecule has 1 heterocycles. The van der Waals surface area contributed by atoms with Gasteiger partial charge in [0.25, 0.3) is 0 Å². The summed E-state index contributed by atoms with van der Waals surface area (Å²) in [6, 6.07) is 13.0. The SMILES string of the molecule is CCC(C)Nc1ccc(NC(=O)Nc2ccccc2)nc1. The Labute approximate surface area is 124 Å². The van der Waals surface area contributed by atoms with E-state index < -0.39 is 0 Å². The van der Waals surface area contributed by atoms with Crippen molar-refractivity contribution in [1.82, 2.24) is 4.98 Å². The van der Waals surface area contributed by atoms with E-state index in [9.17, 15) is 4.79 Å². The predicted molar refractivity (Wildman–Crippen MR) is 86.7 cm³/mol. The summed E-state index contributed by atoms with van der Waals surface area (Å²) in [4.78, 5) is 16.0. The molecule has 3 N–H and O–H groups in total. The lowest BCUT2D eigenvalue weighted by Crippen LogP contribution is -2.20. The van der Waals surface area contributed by atoms with E-state index in [-0.39, 0.29) is 6.03 Å². The highest BCUT2D eigenvalue weighted by Gasteiger charge is 2.04. The number of carbonyl (C=O) groups excluding carboxylic acids is 1. The Bertz CT molecular complexity index is 569. The number of nitrogens with one attached hydrogen (secondary N) is 3. The smallest absolute Gasteiger partial charge is 0.324 e. The number of amides is 2. The Morgan fingerprint density at radius 2 is 1.86 bits per heavy atom. The van der Waals surface area contributed by atoms with Crippen LogP contribution in [0.25, 0.3) is 0 Å². The molecule has 21 heavy (non-hydrogen) atoms. The Morgan fingerprint density at radius 1 is 1.10 bits per heavy atom. The molecule has 0 radical (unpaired) electrons. The minimum Gasteiger partial charge on any atom is -0.381 e. The summed E-state index contributed by atoms with van der Waals surface area (Å²) in [5, 5.41) is 8.76. The van der Waals surface area contributed by atoms with Crippen LogP contribution in [0.2, 0.25) is 0 Å². The molecule has 0 aliphatic carbocycles. The molecule has 0 saturated carbocycles. The van der Waals surface area contributed by atoms with Crippen LogP contribution < -0.4 is 16.0 Å². The third-order valence-electron chi connectivity index (χ3n) is 3.06. The van der Waals surface area contributed by atoms with Crippen molar-refractivity contribution in [3.8, 4) is 0 Å². The number of nitrogens with zero attached hydrogens (tertiary/aromatic N) is 1. The van der Waals surface area contributed by atoms with Gasteiger partial charge in [-0.15, -0.1) is 0 Å². The summed E-state index contributed by atoms with van der Waals surface area (Å²) in [6.45, 7) is 4.23. The standard InChI is InChI=1S/C16H20N4O/c1-3-12(2)18-14-9-10-15(17-11-14)20-16(21)19-13-7-5-4-6-8-13/h4-12,18H,3H2,1-2H3,(H2,17,19,20,21). The van der Waals surface area contributed by atoms with Gasteiger partial charge in [-0.25, -0.2) is 9.78 Å². The van der Waals surface area contributed by atoms with Gasteiger partial charge in [0.15, 0.2) is 0 Å². The molecule has 0 fully saturated rings. The van der Waals surface area contributed by atoms with Gasteiger partial charge < -0.3 is 10.6 Å². The van der Waals surface area contributed by atoms with Gasteiger partial charge in [-0.1, -0.05) is 25.1 Å². The summed E-state index contributed by atoms with van der Waals surface area (Å²) < 4.78 is 0. The Hall–Kier alpha value is -2.56. The van der Waals surface area contributed by atoms with E-state index in [2.05, 4.69) is 34.8 Å². The van der Waals surface area contributed by atoms with Gasteiger partial charge in [0.05, 0.1) is 11.9 Å². The lowest BCUT2D eigenvalue weighted by Gasteiger charge is -2.13. The lowest BCUT2D eigenvalue weighted by atomic mass is 10.2. The third kappa shape index (κ3) is 4.80. The van der Waals surface area contributed by atoms with Crippen LogP contribution in [-0.4, -0.2) is 17.1 Å². The fourth-order valence-corrected chi connectivity index (χ4v) is 1.74.